The maximum Gasteiger partial charge on any atom is 0.0295 e. The lowest BCUT2D eigenvalue weighted by Gasteiger charge is -2.30. The molecule has 1 saturated heterocycles. The van der Waals surface area contributed by atoms with Crippen molar-refractivity contribution >= 4 is 23.5 Å². The van der Waals surface area contributed by atoms with E-state index in [1.807, 2.05) is 0 Å². The summed E-state index contributed by atoms with van der Waals surface area (Å²) >= 11 is 4.25. The molecule has 0 saturated carbocycles. The molecule has 1 aliphatic rings. The smallest absolute Gasteiger partial charge is 0.0295 e. The van der Waals surface area contributed by atoms with Crippen molar-refractivity contribution in [2.24, 2.45) is 0 Å². The standard InChI is InChI=1S/C14H21NS2/c1-2-15-13(14-11-16-8-9-17-14)10-12-6-4-3-5-7-12/h3-7,13-15H,2,8-11H2,1H3. The van der Waals surface area contributed by atoms with Crippen LogP contribution in [0.3, 0.4) is 0 Å². The van der Waals surface area contributed by atoms with E-state index in [-0.39, 0.29) is 0 Å². The summed E-state index contributed by atoms with van der Waals surface area (Å²) in [5.74, 6) is 3.94. The van der Waals surface area contributed by atoms with Gasteiger partial charge in [0.1, 0.15) is 0 Å². The fraction of sp³-hybridized carbons (Fsp3) is 0.571. The van der Waals surface area contributed by atoms with Crippen LogP contribution in [-0.4, -0.2) is 35.1 Å². The molecule has 0 amide bonds. The van der Waals surface area contributed by atoms with Crippen molar-refractivity contribution in [2.45, 2.75) is 24.6 Å². The van der Waals surface area contributed by atoms with Gasteiger partial charge in [0.05, 0.1) is 0 Å². The van der Waals surface area contributed by atoms with E-state index in [2.05, 4.69) is 66.1 Å². The SMILES string of the molecule is CCNC(Cc1ccccc1)C1CSCCS1. The molecule has 0 radical (unpaired) electrons. The van der Waals surface area contributed by atoms with Crippen LogP contribution in [0, 0.1) is 0 Å². The number of benzene rings is 1. The maximum absolute atomic E-state index is 3.67. The fourth-order valence-corrected chi connectivity index (χ4v) is 5.09. The van der Waals surface area contributed by atoms with Crippen molar-refractivity contribution in [3.63, 3.8) is 0 Å². The normalized spacial score (nSPS) is 22.3. The van der Waals surface area contributed by atoms with Crippen molar-refractivity contribution in [3.8, 4) is 0 Å². The number of thioether (sulfide) groups is 2. The molecule has 2 rings (SSSR count). The predicted molar refractivity (Wildman–Crippen MR) is 81.2 cm³/mol. The Bertz CT molecular complexity index is 309. The molecule has 1 fully saturated rings. The largest absolute Gasteiger partial charge is 0.313 e. The zero-order valence-corrected chi connectivity index (χ0v) is 12.0. The number of hydrogen-bond acceptors (Lipinski definition) is 3. The summed E-state index contributed by atoms with van der Waals surface area (Å²) < 4.78 is 0. The van der Waals surface area contributed by atoms with E-state index in [4.69, 9.17) is 0 Å². The zero-order chi connectivity index (χ0) is 11.9. The van der Waals surface area contributed by atoms with Crippen LogP contribution in [0.15, 0.2) is 30.3 Å². The van der Waals surface area contributed by atoms with Gasteiger partial charge in [0.2, 0.25) is 0 Å². The first-order chi connectivity index (χ1) is 8.40. The van der Waals surface area contributed by atoms with Crippen LogP contribution >= 0.6 is 23.5 Å². The number of likely N-dealkylation sites (N-methyl/N-ethyl adjacent to an activating group) is 1. The Balaban J connectivity index is 1.96. The molecule has 1 N–H and O–H groups in total. The van der Waals surface area contributed by atoms with Crippen molar-refractivity contribution in [2.75, 3.05) is 23.8 Å². The lowest BCUT2D eigenvalue weighted by molar-refractivity contribution is 0.522. The minimum absolute atomic E-state index is 0.625. The van der Waals surface area contributed by atoms with Crippen LogP contribution in [0.25, 0.3) is 0 Å². The molecule has 1 nitrogen and oxygen atoms in total. The van der Waals surface area contributed by atoms with Crippen molar-refractivity contribution in [3.05, 3.63) is 35.9 Å². The maximum atomic E-state index is 3.67. The molecule has 0 bridgehead atoms. The van der Waals surface area contributed by atoms with Crippen LogP contribution in [0.5, 0.6) is 0 Å². The van der Waals surface area contributed by atoms with Crippen molar-refractivity contribution in [1.29, 1.82) is 0 Å². The van der Waals surface area contributed by atoms with E-state index in [0.29, 0.717) is 6.04 Å². The second kappa shape index (κ2) is 7.34. The highest BCUT2D eigenvalue weighted by molar-refractivity contribution is 8.06. The highest BCUT2D eigenvalue weighted by atomic mass is 32.2. The van der Waals surface area contributed by atoms with E-state index in [1.54, 1.807) is 0 Å². The Morgan fingerprint density at radius 2 is 2.12 bits per heavy atom. The quantitative estimate of drug-likeness (QED) is 0.880. The van der Waals surface area contributed by atoms with E-state index in [1.165, 1.54) is 22.8 Å². The van der Waals surface area contributed by atoms with E-state index >= 15 is 0 Å². The molecular formula is C14H21NS2. The molecule has 0 spiro atoms. The molecule has 1 aliphatic heterocycles. The van der Waals surface area contributed by atoms with Gasteiger partial charge in [-0.1, -0.05) is 37.3 Å². The molecule has 0 aromatic heterocycles. The van der Waals surface area contributed by atoms with E-state index < -0.39 is 0 Å². The van der Waals surface area contributed by atoms with Crippen LogP contribution in [-0.2, 0) is 6.42 Å². The third-order valence-corrected chi connectivity index (χ3v) is 5.98. The summed E-state index contributed by atoms with van der Waals surface area (Å²) in [6.45, 7) is 3.28. The topological polar surface area (TPSA) is 12.0 Å². The third kappa shape index (κ3) is 4.23. The number of nitrogens with one attached hydrogen (secondary N) is 1. The molecule has 0 aliphatic carbocycles. The Kier molecular flexibility index (Phi) is 5.75. The Labute approximate surface area is 113 Å². The predicted octanol–water partition coefficient (Wildman–Crippen LogP) is 3.06. The summed E-state index contributed by atoms with van der Waals surface area (Å²) in [6, 6.07) is 11.5. The van der Waals surface area contributed by atoms with Gasteiger partial charge in [-0.25, -0.2) is 0 Å². The van der Waals surface area contributed by atoms with Gasteiger partial charge in [-0.15, -0.1) is 0 Å². The lowest BCUT2D eigenvalue weighted by Crippen LogP contribution is -2.42. The summed E-state index contributed by atoms with van der Waals surface area (Å²) in [4.78, 5) is 0. The molecule has 2 atom stereocenters. The van der Waals surface area contributed by atoms with Crippen LogP contribution in [0.1, 0.15) is 12.5 Å². The minimum atomic E-state index is 0.625. The summed E-state index contributed by atoms with van der Waals surface area (Å²) in [6.07, 6.45) is 1.16. The first-order valence-electron chi connectivity index (χ1n) is 6.37. The Morgan fingerprint density at radius 1 is 1.29 bits per heavy atom. The van der Waals surface area contributed by atoms with Gasteiger partial charge < -0.3 is 5.32 Å². The monoisotopic (exact) mass is 267 g/mol. The highest BCUT2D eigenvalue weighted by Gasteiger charge is 2.23. The van der Waals surface area contributed by atoms with E-state index in [0.717, 1.165) is 18.2 Å². The Hall–Kier alpha value is -0.120. The molecule has 94 valence electrons. The molecule has 1 aromatic rings. The van der Waals surface area contributed by atoms with Crippen molar-refractivity contribution < 1.29 is 0 Å². The first-order valence-corrected chi connectivity index (χ1v) is 8.57. The molecule has 2 unspecified atom stereocenters. The van der Waals surface area contributed by atoms with Gasteiger partial charge in [0.15, 0.2) is 0 Å². The second-order valence-electron chi connectivity index (χ2n) is 4.34. The zero-order valence-electron chi connectivity index (χ0n) is 10.4. The van der Waals surface area contributed by atoms with Gasteiger partial charge in [-0.2, -0.15) is 23.5 Å². The van der Waals surface area contributed by atoms with Gasteiger partial charge in [-0.3, -0.25) is 0 Å². The number of rotatable bonds is 5. The molecule has 3 heteroatoms. The average molecular weight is 267 g/mol. The van der Waals surface area contributed by atoms with Gasteiger partial charge >= 0.3 is 0 Å². The second-order valence-corrected chi connectivity index (χ2v) is 6.83. The minimum Gasteiger partial charge on any atom is -0.313 e. The molecule has 17 heavy (non-hydrogen) atoms. The highest BCUT2D eigenvalue weighted by Crippen LogP contribution is 2.27. The first kappa shape index (κ1) is 13.3. The molecule has 1 aromatic carbocycles. The van der Waals surface area contributed by atoms with Gasteiger partial charge in [0.25, 0.3) is 0 Å². The summed E-state index contributed by atoms with van der Waals surface area (Å²) in [5, 5.41) is 4.44. The fourth-order valence-electron chi connectivity index (χ4n) is 2.20. The van der Waals surface area contributed by atoms with Crippen LogP contribution < -0.4 is 5.32 Å². The van der Waals surface area contributed by atoms with E-state index in [9.17, 15) is 0 Å². The van der Waals surface area contributed by atoms with Gasteiger partial charge in [0, 0.05) is 28.6 Å². The van der Waals surface area contributed by atoms with Gasteiger partial charge in [-0.05, 0) is 18.5 Å². The van der Waals surface area contributed by atoms with Crippen LogP contribution in [0.4, 0.5) is 0 Å². The lowest BCUT2D eigenvalue weighted by atomic mass is 10.0. The third-order valence-electron chi connectivity index (χ3n) is 3.06. The van der Waals surface area contributed by atoms with Crippen LogP contribution in [0.2, 0.25) is 0 Å². The number of hydrogen-bond donors (Lipinski definition) is 1. The Morgan fingerprint density at radius 3 is 2.76 bits per heavy atom. The van der Waals surface area contributed by atoms with Crippen molar-refractivity contribution in [1.82, 2.24) is 5.32 Å². The molecule has 1 heterocycles. The molecular weight excluding hydrogens is 246 g/mol. The average Bonchev–Trinajstić information content (AvgIpc) is 2.40. The summed E-state index contributed by atoms with van der Waals surface area (Å²) in [7, 11) is 0. The summed E-state index contributed by atoms with van der Waals surface area (Å²) in [5.41, 5.74) is 1.45.